The van der Waals surface area contributed by atoms with E-state index in [0.29, 0.717) is 0 Å². The minimum atomic E-state index is -3.35. The van der Waals surface area contributed by atoms with Crippen LogP contribution in [0.25, 0.3) is 0 Å². The van der Waals surface area contributed by atoms with Crippen LogP contribution in [-0.2, 0) is 18.0 Å². The third-order valence-electron chi connectivity index (χ3n) is 0.605. The second kappa shape index (κ2) is 0.907. The molecular formula is C3H6O4S. The summed E-state index contributed by atoms with van der Waals surface area (Å²) < 4.78 is 19.2. The second-order valence-corrected chi connectivity index (χ2v) is 5.59. The Morgan fingerprint density at radius 2 is 1.75 bits per heavy atom. The SMILES string of the molecule is CS1(C)(=O)OC(=O)O1. The van der Waals surface area contributed by atoms with Crippen LogP contribution in [0.15, 0.2) is 0 Å². The minimum Gasteiger partial charge on any atom is -0.327 e. The molecular weight excluding hydrogens is 132 g/mol. The zero-order valence-corrected chi connectivity index (χ0v) is 5.36. The Morgan fingerprint density at radius 1 is 1.38 bits per heavy atom. The molecule has 8 heavy (non-hydrogen) atoms. The quantitative estimate of drug-likeness (QED) is 0.475. The van der Waals surface area contributed by atoms with Gasteiger partial charge in [-0.3, -0.25) is 0 Å². The first-order valence-electron chi connectivity index (χ1n) is 1.93. The van der Waals surface area contributed by atoms with Crippen molar-refractivity contribution in [1.82, 2.24) is 0 Å². The van der Waals surface area contributed by atoms with Gasteiger partial charge in [-0.25, -0.2) is 9.00 Å². The highest BCUT2D eigenvalue weighted by molar-refractivity contribution is 8.12. The molecule has 1 rings (SSSR count). The van der Waals surface area contributed by atoms with Gasteiger partial charge in [0.2, 0.25) is 0 Å². The molecule has 0 aliphatic carbocycles. The maximum Gasteiger partial charge on any atom is 0.538 e. The van der Waals surface area contributed by atoms with Crippen molar-refractivity contribution in [1.29, 1.82) is 0 Å². The van der Waals surface area contributed by atoms with Crippen LogP contribution in [0.4, 0.5) is 4.79 Å². The van der Waals surface area contributed by atoms with Gasteiger partial charge in [0.25, 0.3) is 0 Å². The van der Waals surface area contributed by atoms with E-state index in [2.05, 4.69) is 8.37 Å². The number of carbonyl (C=O) groups excluding carboxylic acids is 1. The highest BCUT2D eigenvalue weighted by Crippen LogP contribution is 2.31. The first-order chi connectivity index (χ1) is 3.37. The van der Waals surface area contributed by atoms with Gasteiger partial charge in [0.15, 0.2) is 9.63 Å². The van der Waals surface area contributed by atoms with Crippen molar-refractivity contribution in [3.8, 4) is 0 Å². The van der Waals surface area contributed by atoms with Gasteiger partial charge < -0.3 is 8.37 Å². The standard InChI is InChI=1S/C3H6O4S/c1-8(2,5)6-3(4)7-8/h1-2H3. The summed E-state index contributed by atoms with van der Waals surface area (Å²) in [6.07, 6.45) is 1.64. The molecule has 0 atom stereocenters. The summed E-state index contributed by atoms with van der Waals surface area (Å²) in [5.41, 5.74) is 0. The first kappa shape index (κ1) is 5.55. The van der Waals surface area contributed by atoms with Crippen molar-refractivity contribution >= 4 is 15.8 Å². The maximum absolute atomic E-state index is 10.8. The molecule has 0 spiro atoms. The molecule has 0 aromatic heterocycles. The minimum absolute atomic E-state index is 0.855. The van der Waals surface area contributed by atoms with E-state index in [4.69, 9.17) is 0 Å². The lowest BCUT2D eigenvalue weighted by Crippen LogP contribution is -2.49. The van der Waals surface area contributed by atoms with Crippen LogP contribution in [0, 0.1) is 0 Å². The summed E-state index contributed by atoms with van der Waals surface area (Å²) in [6, 6.07) is 0. The predicted octanol–water partition coefficient (Wildman–Crippen LogP) is 0.0629. The predicted molar refractivity (Wildman–Crippen MR) is 27.6 cm³/mol. The monoisotopic (exact) mass is 138 g/mol. The third kappa shape index (κ3) is 0.812. The lowest BCUT2D eigenvalue weighted by atomic mass is 11.4. The van der Waals surface area contributed by atoms with Gasteiger partial charge in [0.05, 0.1) is 12.5 Å². The summed E-state index contributed by atoms with van der Waals surface area (Å²) >= 11 is 0. The van der Waals surface area contributed by atoms with Gasteiger partial charge in [0, 0.05) is 0 Å². The molecule has 5 heteroatoms. The van der Waals surface area contributed by atoms with E-state index >= 15 is 0 Å². The molecule has 48 valence electrons. The van der Waals surface area contributed by atoms with Crippen LogP contribution in [0.5, 0.6) is 0 Å². The Labute approximate surface area is 46.6 Å². The molecule has 0 aromatic carbocycles. The highest BCUT2D eigenvalue weighted by Gasteiger charge is 2.44. The van der Waals surface area contributed by atoms with E-state index in [9.17, 15) is 9.00 Å². The molecule has 1 aliphatic rings. The molecule has 0 bridgehead atoms. The van der Waals surface area contributed by atoms with E-state index in [0.717, 1.165) is 0 Å². The fourth-order valence-corrected chi connectivity index (χ4v) is 1.17. The van der Waals surface area contributed by atoms with Crippen molar-refractivity contribution in [3.63, 3.8) is 0 Å². The number of carbonyl (C=O) groups is 1. The Kier molecular flexibility index (Phi) is 0.630. The van der Waals surface area contributed by atoms with Gasteiger partial charge in [0.1, 0.15) is 0 Å². The molecule has 0 N–H and O–H groups in total. The van der Waals surface area contributed by atoms with E-state index in [1.807, 2.05) is 0 Å². The Balaban J connectivity index is 2.82. The van der Waals surface area contributed by atoms with Crippen LogP contribution in [0.3, 0.4) is 0 Å². The van der Waals surface area contributed by atoms with E-state index in [1.165, 1.54) is 12.5 Å². The molecule has 1 saturated heterocycles. The topological polar surface area (TPSA) is 52.6 Å². The van der Waals surface area contributed by atoms with Crippen molar-refractivity contribution in [2.45, 2.75) is 0 Å². The third-order valence-corrected chi connectivity index (χ3v) is 1.82. The summed E-state index contributed by atoms with van der Waals surface area (Å²) in [6.45, 7) is 0. The molecule has 1 fully saturated rings. The summed E-state index contributed by atoms with van der Waals surface area (Å²) in [7, 11) is -3.35. The molecule has 0 saturated carbocycles. The van der Waals surface area contributed by atoms with Gasteiger partial charge in [-0.1, -0.05) is 0 Å². The number of hydrogen-bond acceptors (Lipinski definition) is 4. The largest absolute Gasteiger partial charge is 0.538 e. The van der Waals surface area contributed by atoms with Gasteiger partial charge >= 0.3 is 6.16 Å². The molecule has 0 amide bonds. The Bertz CT molecular complexity index is 185. The fraction of sp³-hybridized carbons (Fsp3) is 0.667. The first-order valence-corrected chi connectivity index (χ1v) is 4.56. The highest BCUT2D eigenvalue weighted by atomic mass is 32.3. The maximum atomic E-state index is 10.8. The lowest BCUT2D eigenvalue weighted by Gasteiger charge is -2.39. The molecule has 0 unspecified atom stereocenters. The van der Waals surface area contributed by atoms with Crippen LogP contribution in [0.1, 0.15) is 0 Å². The van der Waals surface area contributed by atoms with Gasteiger partial charge in [-0.2, -0.15) is 0 Å². The lowest BCUT2D eigenvalue weighted by molar-refractivity contribution is 0.106. The molecule has 1 aliphatic heterocycles. The number of hydrogen-bond donors (Lipinski definition) is 0. The smallest absolute Gasteiger partial charge is 0.327 e. The zero-order valence-electron chi connectivity index (χ0n) is 4.54. The van der Waals surface area contributed by atoms with Gasteiger partial charge in [-0.05, 0) is 0 Å². The molecule has 4 nitrogen and oxygen atoms in total. The molecule has 0 aromatic rings. The second-order valence-electron chi connectivity index (χ2n) is 2.03. The Morgan fingerprint density at radius 3 is 1.75 bits per heavy atom. The summed E-state index contributed by atoms with van der Waals surface area (Å²) in [5.74, 6) is 0. The number of rotatable bonds is 0. The average Bonchev–Trinajstić information content (AvgIpc) is 1.22. The fourth-order valence-electron chi connectivity index (χ4n) is 0.390. The van der Waals surface area contributed by atoms with Gasteiger partial charge in [-0.15, -0.1) is 0 Å². The molecule has 0 radical (unpaired) electrons. The van der Waals surface area contributed by atoms with Crippen molar-refractivity contribution in [2.75, 3.05) is 12.5 Å². The van der Waals surface area contributed by atoms with Crippen LogP contribution >= 0.6 is 0 Å². The zero-order chi connectivity index (χ0) is 6.44. The van der Waals surface area contributed by atoms with Crippen molar-refractivity contribution in [3.05, 3.63) is 0 Å². The average molecular weight is 138 g/mol. The Hall–Kier alpha value is -0.580. The van der Waals surface area contributed by atoms with Crippen LogP contribution in [-0.4, -0.2) is 22.9 Å². The van der Waals surface area contributed by atoms with Crippen molar-refractivity contribution in [2.24, 2.45) is 0 Å². The van der Waals surface area contributed by atoms with Crippen LogP contribution in [0.2, 0.25) is 0 Å². The van der Waals surface area contributed by atoms with E-state index in [-0.39, 0.29) is 0 Å². The summed E-state index contributed by atoms with van der Waals surface area (Å²) in [5, 5.41) is 0. The normalized spacial score (nSPS) is 34.8. The van der Waals surface area contributed by atoms with E-state index in [1.54, 1.807) is 0 Å². The van der Waals surface area contributed by atoms with Crippen molar-refractivity contribution < 1.29 is 17.4 Å². The van der Waals surface area contributed by atoms with E-state index < -0.39 is 15.8 Å². The van der Waals surface area contributed by atoms with Crippen LogP contribution < -0.4 is 0 Å². The molecule has 1 heterocycles. The summed E-state index contributed by atoms with van der Waals surface area (Å²) in [4.78, 5) is 9.90.